The average molecular weight is 550 g/mol. The van der Waals surface area contributed by atoms with Crippen LogP contribution in [0.4, 0.5) is 0 Å². The van der Waals surface area contributed by atoms with E-state index in [4.69, 9.17) is 19.2 Å². The lowest BCUT2D eigenvalue weighted by atomic mass is 9.96. The van der Waals surface area contributed by atoms with Crippen molar-refractivity contribution in [2.45, 2.75) is 26.7 Å². The van der Waals surface area contributed by atoms with Crippen molar-refractivity contribution in [1.82, 2.24) is 9.66 Å². The van der Waals surface area contributed by atoms with Crippen molar-refractivity contribution in [2.24, 2.45) is 5.10 Å². The van der Waals surface area contributed by atoms with E-state index in [1.807, 2.05) is 43.3 Å². The molecular formula is C28H28BrN3O4. The van der Waals surface area contributed by atoms with Crippen LogP contribution in [0, 0.1) is 6.92 Å². The Morgan fingerprint density at radius 3 is 2.33 bits per heavy atom. The molecule has 0 amide bonds. The lowest BCUT2D eigenvalue weighted by molar-refractivity contribution is 0.392. The Hall–Kier alpha value is -3.65. The quantitative estimate of drug-likeness (QED) is 0.258. The Bertz CT molecular complexity index is 1530. The summed E-state index contributed by atoms with van der Waals surface area (Å²) in [5.41, 5.74) is 3.77. The second-order valence-electron chi connectivity index (χ2n) is 8.61. The highest BCUT2D eigenvalue weighted by Gasteiger charge is 2.18. The van der Waals surface area contributed by atoms with E-state index in [0.717, 1.165) is 26.9 Å². The Morgan fingerprint density at radius 1 is 0.972 bits per heavy atom. The van der Waals surface area contributed by atoms with E-state index in [2.05, 4.69) is 34.9 Å². The molecule has 1 heterocycles. The van der Waals surface area contributed by atoms with E-state index in [0.29, 0.717) is 33.8 Å². The molecule has 0 aliphatic carbocycles. The van der Waals surface area contributed by atoms with Gasteiger partial charge >= 0.3 is 0 Å². The van der Waals surface area contributed by atoms with Gasteiger partial charge in [-0.2, -0.15) is 9.78 Å². The number of nitrogens with zero attached hydrogens (tertiary/aromatic N) is 3. The zero-order valence-electron chi connectivity index (χ0n) is 21.1. The zero-order chi connectivity index (χ0) is 26.0. The topological polar surface area (TPSA) is 74.9 Å². The summed E-state index contributed by atoms with van der Waals surface area (Å²) < 4.78 is 18.6. The van der Waals surface area contributed by atoms with Crippen LogP contribution in [0.5, 0.6) is 17.2 Å². The van der Waals surface area contributed by atoms with Crippen LogP contribution in [0.1, 0.15) is 36.5 Å². The highest BCUT2D eigenvalue weighted by molar-refractivity contribution is 9.10. The third-order valence-corrected chi connectivity index (χ3v) is 6.63. The third kappa shape index (κ3) is 4.73. The molecule has 0 bridgehead atoms. The molecule has 7 nitrogen and oxygen atoms in total. The number of fused-ring (bicyclic) bond motifs is 1. The number of ether oxygens (including phenoxy) is 3. The number of hydrogen-bond acceptors (Lipinski definition) is 6. The van der Waals surface area contributed by atoms with Crippen molar-refractivity contribution in [3.63, 3.8) is 0 Å². The minimum absolute atomic E-state index is 0.212. The number of para-hydroxylation sites is 1. The average Bonchev–Trinajstić information content (AvgIpc) is 2.87. The van der Waals surface area contributed by atoms with Gasteiger partial charge in [0.25, 0.3) is 5.56 Å². The minimum atomic E-state index is -0.264. The summed E-state index contributed by atoms with van der Waals surface area (Å²) in [6.45, 7) is 6.18. The lowest BCUT2D eigenvalue weighted by Crippen LogP contribution is -2.21. The summed E-state index contributed by atoms with van der Waals surface area (Å²) in [6.07, 6.45) is 1.59. The largest absolute Gasteiger partial charge is 0.496 e. The molecule has 0 fully saturated rings. The number of rotatable bonds is 7. The van der Waals surface area contributed by atoms with Crippen molar-refractivity contribution in [3.8, 4) is 28.6 Å². The Kier molecular flexibility index (Phi) is 7.45. The maximum atomic E-state index is 13.6. The van der Waals surface area contributed by atoms with Crippen molar-refractivity contribution in [2.75, 3.05) is 21.3 Å². The monoisotopic (exact) mass is 549 g/mol. The molecule has 8 heteroatoms. The minimum Gasteiger partial charge on any atom is -0.496 e. The van der Waals surface area contributed by atoms with E-state index >= 15 is 0 Å². The Labute approximate surface area is 218 Å². The van der Waals surface area contributed by atoms with Crippen molar-refractivity contribution < 1.29 is 14.2 Å². The van der Waals surface area contributed by atoms with Crippen LogP contribution in [-0.2, 0) is 0 Å². The van der Waals surface area contributed by atoms with Crippen LogP contribution in [0.3, 0.4) is 0 Å². The molecule has 36 heavy (non-hydrogen) atoms. The highest BCUT2D eigenvalue weighted by atomic mass is 79.9. The van der Waals surface area contributed by atoms with Gasteiger partial charge in [0.1, 0.15) is 17.2 Å². The van der Waals surface area contributed by atoms with Crippen LogP contribution >= 0.6 is 15.9 Å². The highest BCUT2D eigenvalue weighted by Crippen LogP contribution is 2.35. The predicted octanol–water partition coefficient (Wildman–Crippen LogP) is 6.17. The van der Waals surface area contributed by atoms with E-state index in [1.54, 1.807) is 39.7 Å². The second-order valence-corrected chi connectivity index (χ2v) is 9.46. The fourth-order valence-corrected chi connectivity index (χ4v) is 4.60. The molecule has 0 saturated carbocycles. The first-order chi connectivity index (χ1) is 17.3. The molecule has 0 radical (unpaired) electrons. The number of hydrogen-bond donors (Lipinski definition) is 0. The van der Waals surface area contributed by atoms with Gasteiger partial charge in [0.15, 0.2) is 5.82 Å². The van der Waals surface area contributed by atoms with Crippen LogP contribution < -0.4 is 19.8 Å². The molecule has 4 rings (SSSR count). The van der Waals surface area contributed by atoms with Gasteiger partial charge < -0.3 is 14.2 Å². The number of methoxy groups -OCH3 is 3. The van der Waals surface area contributed by atoms with E-state index in [-0.39, 0.29) is 11.5 Å². The van der Waals surface area contributed by atoms with E-state index in [1.165, 1.54) is 4.68 Å². The molecule has 3 aromatic carbocycles. The molecule has 0 unspecified atom stereocenters. The standard InChI is InChI=1S/C28H28BrN3O4/c1-16(2)20-13-21(17(3)11-25(20)35-5)27-31-23-10-8-7-9-19(23)28(33)32(27)30-15-18-12-22(29)26(36-6)14-24(18)34-4/h7-16H,1-6H3. The van der Waals surface area contributed by atoms with E-state index in [9.17, 15) is 4.79 Å². The van der Waals surface area contributed by atoms with Gasteiger partial charge in [-0.15, -0.1) is 0 Å². The first kappa shape index (κ1) is 25.4. The summed E-state index contributed by atoms with van der Waals surface area (Å²) in [6, 6.07) is 14.9. The van der Waals surface area contributed by atoms with Gasteiger partial charge in [-0.3, -0.25) is 4.79 Å². The molecule has 0 N–H and O–H groups in total. The van der Waals surface area contributed by atoms with Gasteiger partial charge in [0, 0.05) is 17.2 Å². The summed E-state index contributed by atoms with van der Waals surface area (Å²) in [4.78, 5) is 18.5. The van der Waals surface area contributed by atoms with Crippen LogP contribution in [0.2, 0.25) is 0 Å². The van der Waals surface area contributed by atoms with Gasteiger partial charge in [-0.05, 0) is 70.2 Å². The van der Waals surface area contributed by atoms with Crippen molar-refractivity contribution in [3.05, 3.63) is 80.0 Å². The number of halogens is 1. The third-order valence-electron chi connectivity index (χ3n) is 6.01. The molecule has 4 aromatic rings. The molecule has 0 spiro atoms. The number of aryl methyl sites for hydroxylation is 1. The van der Waals surface area contributed by atoms with Crippen LogP contribution in [-0.4, -0.2) is 37.2 Å². The maximum Gasteiger partial charge on any atom is 0.282 e. The first-order valence-electron chi connectivity index (χ1n) is 11.5. The second kappa shape index (κ2) is 10.5. The molecule has 1 aromatic heterocycles. The normalized spacial score (nSPS) is 11.4. The van der Waals surface area contributed by atoms with E-state index < -0.39 is 0 Å². The lowest BCUT2D eigenvalue weighted by Gasteiger charge is -2.17. The summed E-state index contributed by atoms with van der Waals surface area (Å²) in [5, 5.41) is 5.09. The fourth-order valence-electron chi connectivity index (χ4n) is 4.08. The SMILES string of the molecule is COc1cc(OC)c(C=Nn2c(-c3cc(C(C)C)c(OC)cc3C)nc3ccccc3c2=O)cc1Br. The van der Waals surface area contributed by atoms with Crippen LogP contribution in [0.15, 0.2) is 62.9 Å². The van der Waals surface area contributed by atoms with Gasteiger partial charge in [-0.1, -0.05) is 26.0 Å². The summed E-state index contributed by atoms with van der Waals surface area (Å²) in [5.74, 6) is 2.65. The number of benzene rings is 3. The predicted molar refractivity (Wildman–Crippen MR) is 147 cm³/mol. The van der Waals surface area contributed by atoms with Gasteiger partial charge in [0.2, 0.25) is 0 Å². The number of aromatic nitrogens is 2. The van der Waals surface area contributed by atoms with Crippen molar-refractivity contribution in [1.29, 1.82) is 0 Å². The first-order valence-corrected chi connectivity index (χ1v) is 12.2. The Morgan fingerprint density at radius 2 is 1.67 bits per heavy atom. The summed E-state index contributed by atoms with van der Waals surface area (Å²) >= 11 is 3.50. The maximum absolute atomic E-state index is 13.6. The molecule has 186 valence electrons. The molecule has 0 aliphatic rings. The van der Waals surface area contributed by atoms with Crippen molar-refractivity contribution >= 4 is 33.0 Å². The van der Waals surface area contributed by atoms with Gasteiger partial charge in [0.05, 0.1) is 42.9 Å². The zero-order valence-corrected chi connectivity index (χ0v) is 22.7. The molecule has 0 aliphatic heterocycles. The van der Waals surface area contributed by atoms with Gasteiger partial charge in [-0.25, -0.2) is 4.98 Å². The van der Waals surface area contributed by atoms with Crippen LogP contribution in [0.25, 0.3) is 22.3 Å². The molecular weight excluding hydrogens is 522 g/mol. The smallest absolute Gasteiger partial charge is 0.282 e. The fraction of sp³-hybridized carbons (Fsp3) is 0.250. The Balaban J connectivity index is 1.99. The molecule has 0 saturated heterocycles. The summed E-state index contributed by atoms with van der Waals surface area (Å²) in [7, 11) is 4.82. The molecule has 0 atom stereocenters.